The minimum absolute atomic E-state index is 0. The smallest absolute Gasteiger partial charge is 0.301 e. The van der Waals surface area contributed by atoms with Gasteiger partial charge >= 0.3 is 5.92 Å². The number of nitrogens with zero attached hydrogens (tertiary/aromatic N) is 7. The summed E-state index contributed by atoms with van der Waals surface area (Å²) in [6.07, 6.45) is -1.70. The molecule has 2 N–H and O–H groups in total. The number of nitrogens with one attached hydrogen (secondary N) is 1. The number of benzene rings is 1. The van der Waals surface area contributed by atoms with Crippen LogP contribution < -0.4 is 19.7 Å². The number of amides is 1. The third-order valence-corrected chi connectivity index (χ3v) is 7.96. The summed E-state index contributed by atoms with van der Waals surface area (Å²) in [6.45, 7) is 5.26. The number of likely N-dealkylation sites (N-methyl/N-ethyl adjacent to an activating group) is 1. The van der Waals surface area contributed by atoms with Crippen LogP contribution in [0.15, 0.2) is 42.7 Å². The summed E-state index contributed by atoms with van der Waals surface area (Å²) >= 11 is 0. The van der Waals surface area contributed by atoms with Gasteiger partial charge in [-0.2, -0.15) is 10.2 Å². The molecule has 0 radical (unpaired) electrons. The van der Waals surface area contributed by atoms with Crippen LogP contribution in [-0.2, 0) is 4.79 Å². The first-order valence-corrected chi connectivity index (χ1v) is 14.6. The van der Waals surface area contributed by atoms with Gasteiger partial charge in [0.05, 0.1) is 24.9 Å². The molecule has 246 valence electrons. The van der Waals surface area contributed by atoms with Crippen molar-refractivity contribution in [2.45, 2.75) is 44.4 Å². The number of halogens is 3. The Balaban J connectivity index is 0.00000480. The molecule has 2 saturated heterocycles. The quantitative estimate of drug-likeness (QED) is 0.366. The van der Waals surface area contributed by atoms with Crippen LogP contribution in [-0.4, -0.2) is 107 Å². The zero-order valence-electron chi connectivity index (χ0n) is 26.0. The molecular weight excluding hydrogens is 622 g/mol. The minimum atomic E-state index is -3.38. The number of aliphatic hydroxyl groups is 1. The fourth-order valence-corrected chi connectivity index (χ4v) is 5.63. The fraction of sp³-hybridized carbons (Fsp3) is 0.452. The summed E-state index contributed by atoms with van der Waals surface area (Å²) in [5, 5.41) is 22.5. The molecule has 1 unspecified atom stereocenters. The molecule has 0 saturated carbocycles. The fourth-order valence-electron chi connectivity index (χ4n) is 5.63. The van der Waals surface area contributed by atoms with Crippen LogP contribution in [0.1, 0.15) is 25.8 Å². The molecule has 0 aliphatic carbocycles. The van der Waals surface area contributed by atoms with Crippen molar-refractivity contribution in [1.29, 1.82) is 5.26 Å². The molecule has 0 bridgehead atoms. The van der Waals surface area contributed by atoms with Gasteiger partial charge < -0.3 is 34.6 Å². The number of likely N-dealkylation sites (tertiary alicyclic amines) is 1. The molecule has 2 aliphatic heterocycles. The zero-order chi connectivity index (χ0) is 32.3. The number of alkyl halides is 2. The lowest BCUT2D eigenvalue weighted by Crippen LogP contribution is -2.56. The largest absolute Gasteiger partial charge is 0.483 e. The van der Waals surface area contributed by atoms with Crippen molar-refractivity contribution in [3.05, 3.63) is 48.3 Å². The van der Waals surface area contributed by atoms with Gasteiger partial charge in [-0.1, -0.05) is 0 Å². The van der Waals surface area contributed by atoms with Gasteiger partial charge in [-0.25, -0.2) is 18.7 Å². The van der Waals surface area contributed by atoms with Gasteiger partial charge in [0.1, 0.15) is 41.6 Å². The van der Waals surface area contributed by atoms with E-state index in [9.17, 15) is 23.9 Å². The number of carbonyl (C=O) groups excluding carboxylic acids is 1. The Kier molecular flexibility index (Phi) is 10.8. The van der Waals surface area contributed by atoms with Crippen molar-refractivity contribution in [1.82, 2.24) is 24.8 Å². The van der Waals surface area contributed by atoms with E-state index in [1.54, 1.807) is 19.2 Å². The average molecular weight is 659 g/mol. The highest BCUT2D eigenvalue weighted by atomic mass is 35.5. The van der Waals surface area contributed by atoms with E-state index in [4.69, 9.17) is 9.47 Å². The predicted molar refractivity (Wildman–Crippen MR) is 170 cm³/mol. The Bertz CT molecular complexity index is 1590. The lowest BCUT2D eigenvalue weighted by Gasteiger charge is -2.40. The maximum absolute atomic E-state index is 14.9. The van der Waals surface area contributed by atoms with Crippen LogP contribution >= 0.6 is 12.4 Å². The van der Waals surface area contributed by atoms with E-state index in [2.05, 4.69) is 44.0 Å². The summed E-state index contributed by atoms with van der Waals surface area (Å²) in [6, 6.07) is 12.4. The summed E-state index contributed by atoms with van der Waals surface area (Å²) in [4.78, 5) is 30.8. The molecule has 0 spiro atoms. The summed E-state index contributed by atoms with van der Waals surface area (Å²) in [7, 11) is 3.69. The number of methoxy groups -OCH3 is 1. The maximum Gasteiger partial charge on any atom is 0.301 e. The summed E-state index contributed by atoms with van der Waals surface area (Å²) in [5.74, 6) is -2.68. The molecule has 5 rings (SSSR count). The zero-order valence-corrected chi connectivity index (χ0v) is 26.8. The van der Waals surface area contributed by atoms with Crippen molar-refractivity contribution < 1.29 is 28.2 Å². The van der Waals surface area contributed by atoms with Crippen molar-refractivity contribution in [3.8, 4) is 29.0 Å². The van der Waals surface area contributed by atoms with Crippen molar-refractivity contribution >= 4 is 35.6 Å². The van der Waals surface area contributed by atoms with Gasteiger partial charge in [-0.3, -0.25) is 4.79 Å². The number of piperidine rings is 1. The van der Waals surface area contributed by atoms with Gasteiger partial charge in [-0.05, 0) is 51.2 Å². The number of hydrogen-bond acceptors (Lipinski definition) is 11. The molecule has 2 fully saturated rings. The highest BCUT2D eigenvalue weighted by Gasteiger charge is 2.48. The third kappa shape index (κ3) is 7.55. The number of anilines is 3. The SMILES string of the molecule is COc1nc(Nc2cc(-c3ccc(OC4CCN(C(=O)[C@H](C)O)CC4(F)F)c(C#N)c3)ncn2)ccc1N1CCN(C)C[C@@H]1C.Cl. The van der Waals surface area contributed by atoms with Gasteiger partial charge in [-0.15, -0.1) is 12.4 Å². The number of nitriles is 1. The summed E-state index contributed by atoms with van der Waals surface area (Å²) in [5.41, 5.74) is 2.01. The Morgan fingerprint density at radius 3 is 2.63 bits per heavy atom. The maximum atomic E-state index is 14.9. The molecule has 1 aromatic carbocycles. The molecule has 12 nitrogen and oxygen atoms in total. The van der Waals surface area contributed by atoms with Gasteiger partial charge in [0.2, 0.25) is 5.88 Å². The number of piperazine rings is 1. The van der Waals surface area contributed by atoms with Gasteiger partial charge in [0.25, 0.3) is 5.91 Å². The Hall–Kier alpha value is -4.32. The molecular formula is C31H37ClF2N8O4. The predicted octanol–water partition coefficient (Wildman–Crippen LogP) is 3.72. The van der Waals surface area contributed by atoms with Gasteiger partial charge in [0, 0.05) is 50.3 Å². The Morgan fingerprint density at radius 2 is 1.96 bits per heavy atom. The molecule has 4 heterocycles. The Morgan fingerprint density at radius 1 is 1.17 bits per heavy atom. The van der Waals surface area contributed by atoms with E-state index < -0.39 is 30.6 Å². The molecule has 46 heavy (non-hydrogen) atoms. The lowest BCUT2D eigenvalue weighted by molar-refractivity contribution is -0.165. The molecule has 2 aromatic heterocycles. The molecule has 3 aromatic rings. The highest BCUT2D eigenvalue weighted by molar-refractivity contribution is 5.85. The van der Waals surface area contributed by atoms with Crippen LogP contribution in [0.5, 0.6) is 11.6 Å². The third-order valence-electron chi connectivity index (χ3n) is 7.96. The van der Waals surface area contributed by atoms with E-state index in [1.165, 1.54) is 25.4 Å². The number of aliphatic hydroxyl groups excluding tert-OH is 1. The van der Waals surface area contributed by atoms with Crippen LogP contribution in [0.2, 0.25) is 0 Å². The summed E-state index contributed by atoms with van der Waals surface area (Å²) < 4.78 is 41.0. The second-order valence-corrected chi connectivity index (χ2v) is 11.4. The van der Waals surface area contributed by atoms with Crippen LogP contribution in [0.4, 0.5) is 26.1 Å². The first-order valence-electron chi connectivity index (χ1n) is 14.6. The number of ether oxygens (including phenoxy) is 2. The minimum Gasteiger partial charge on any atom is -0.483 e. The van der Waals surface area contributed by atoms with E-state index in [-0.39, 0.29) is 36.7 Å². The molecule has 2 aliphatic rings. The van der Waals surface area contributed by atoms with Gasteiger partial charge in [0.15, 0.2) is 6.10 Å². The number of hydrogen-bond donors (Lipinski definition) is 2. The van der Waals surface area contributed by atoms with E-state index >= 15 is 0 Å². The van der Waals surface area contributed by atoms with Crippen LogP contribution in [0, 0.1) is 11.3 Å². The van der Waals surface area contributed by atoms with E-state index in [0.717, 1.165) is 30.2 Å². The van der Waals surface area contributed by atoms with Crippen LogP contribution in [0.3, 0.4) is 0 Å². The van der Waals surface area contributed by atoms with Crippen molar-refractivity contribution in [2.24, 2.45) is 0 Å². The Labute approximate surface area is 272 Å². The van der Waals surface area contributed by atoms with E-state index in [0.29, 0.717) is 34.8 Å². The first-order chi connectivity index (χ1) is 21.5. The van der Waals surface area contributed by atoms with E-state index in [1.807, 2.05) is 18.2 Å². The highest BCUT2D eigenvalue weighted by Crippen LogP contribution is 2.35. The molecule has 1 amide bonds. The van der Waals surface area contributed by atoms with Crippen molar-refractivity contribution in [2.75, 3.05) is 57.1 Å². The topological polar surface area (TPSA) is 140 Å². The number of carbonyl (C=O) groups is 1. The normalized spacial score (nSPS) is 20.2. The molecule has 15 heteroatoms. The number of pyridine rings is 1. The monoisotopic (exact) mass is 658 g/mol. The number of rotatable bonds is 8. The average Bonchev–Trinajstić information content (AvgIpc) is 3.02. The number of aromatic nitrogens is 3. The lowest BCUT2D eigenvalue weighted by atomic mass is 10.0. The van der Waals surface area contributed by atoms with Crippen molar-refractivity contribution in [3.63, 3.8) is 0 Å². The standard InChI is InChI=1S/C31H36F2N8O4.ClH/c1-19-16-39(3)11-12-41(19)24-6-8-27(38-29(24)44-4)37-28-14-23(35-18-36-28)21-5-7-25(22(13-21)15-34)45-26-9-10-40(17-31(26,32)33)30(43)20(2)42;/h5-8,13-14,18-20,26,42H,9-12,16-17H2,1-4H3,(H,35,36,37,38);1H/t19-,20-,26?;/m0./s1. The first kappa shape index (κ1) is 34.6. The van der Waals surface area contributed by atoms with Crippen LogP contribution in [0.25, 0.3) is 11.3 Å². The second kappa shape index (κ2) is 14.4. The second-order valence-electron chi connectivity index (χ2n) is 11.4. The molecule has 3 atom stereocenters.